The molecule has 1 amide bonds. The Kier molecular flexibility index (Phi) is 4.41. The minimum atomic E-state index is 0.156. The van der Waals surface area contributed by atoms with E-state index < -0.39 is 0 Å². The third-order valence-corrected chi connectivity index (χ3v) is 5.59. The molecule has 1 aliphatic rings. The Bertz CT molecular complexity index is 582. The largest absolute Gasteiger partial charge is 0.352 e. The molecular formula is C14H15ClN2OS2. The number of thiophene rings is 2. The van der Waals surface area contributed by atoms with E-state index >= 15 is 0 Å². The molecule has 2 aromatic heterocycles. The van der Waals surface area contributed by atoms with Crippen molar-refractivity contribution in [3.63, 3.8) is 0 Å². The van der Waals surface area contributed by atoms with Gasteiger partial charge >= 0.3 is 0 Å². The number of carbonyl (C=O) groups excluding carboxylic acids is 1. The zero-order valence-corrected chi connectivity index (χ0v) is 13.2. The van der Waals surface area contributed by atoms with E-state index in [0.29, 0.717) is 6.42 Å². The van der Waals surface area contributed by atoms with E-state index in [4.69, 9.17) is 11.6 Å². The van der Waals surface area contributed by atoms with Crippen LogP contribution in [0.15, 0.2) is 29.6 Å². The van der Waals surface area contributed by atoms with Crippen LogP contribution in [-0.4, -0.2) is 18.5 Å². The van der Waals surface area contributed by atoms with Gasteiger partial charge in [-0.1, -0.05) is 17.7 Å². The minimum Gasteiger partial charge on any atom is -0.352 e. The SMILES string of the molecule is O=C1CCC(CNC(c2cccs2)c2ccc(Cl)s2)N1. The van der Waals surface area contributed by atoms with Crippen LogP contribution in [0.5, 0.6) is 0 Å². The molecule has 3 rings (SSSR count). The van der Waals surface area contributed by atoms with E-state index in [1.54, 1.807) is 22.7 Å². The summed E-state index contributed by atoms with van der Waals surface area (Å²) >= 11 is 9.38. The smallest absolute Gasteiger partial charge is 0.220 e. The fourth-order valence-corrected chi connectivity index (χ4v) is 4.42. The maximum atomic E-state index is 11.2. The molecule has 0 saturated carbocycles. The van der Waals surface area contributed by atoms with Crippen molar-refractivity contribution in [1.82, 2.24) is 10.6 Å². The summed E-state index contributed by atoms with van der Waals surface area (Å²) in [5.41, 5.74) is 0. The molecule has 2 unspecified atom stereocenters. The molecule has 2 N–H and O–H groups in total. The van der Waals surface area contributed by atoms with Crippen LogP contribution < -0.4 is 10.6 Å². The summed E-state index contributed by atoms with van der Waals surface area (Å²) in [5, 5.41) is 8.63. The van der Waals surface area contributed by atoms with E-state index in [1.807, 2.05) is 6.07 Å². The van der Waals surface area contributed by atoms with Crippen molar-refractivity contribution >= 4 is 40.2 Å². The molecule has 0 aromatic carbocycles. The molecule has 2 atom stereocenters. The van der Waals surface area contributed by atoms with Crippen molar-refractivity contribution < 1.29 is 4.79 Å². The summed E-state index contributed by atoms with van der Waals surface area (Å²) in [6, 6.07) is 8.58. The Hall–Kier alpha value is -0.880. The zero-order chi connectivity index (χ0) is 13.9. The highest BCUT2D eigenvalue weighted by Gasteiger charge is 2.23. The first-order valence-corrected chi connectivity index (χ1v) is 8.61. The highest BCUT2D eigenvalue weighted by atomic mass is 35.5. The highest BCUT2D eigenvalue weighted by molar-refractivity contribution is 7.16. The zero-order valence-electron chi connectivity index (χ0n) is 10.8. The second-order valence-electron chi connectivity index (χ2n) is 4.80. The number of hydrogen-bond acceptors (Lipinski definition) is 4. The van der Waals surface area contributed by atoms with Crippen molar-refractivity contribution in [1.29, 1.82) is 0 Å². The normalized spacial score (nSPS) is 20.1. The van der Waals surface area contributed by atoms with Gasteiger partial charge in [0.25, 0.3) is 0 Å². The van der Waals surface area contributed by atoms with Gasteiger partial charge in [0.2, 0.25) is 5.91 Å². The first-order valence-electron chi connectivity index (χ1n) is 6.54. The minimum absolute atomic E-state index is 0.156. The molecule has 20 heavy (non-hydrogen) atoms. The molecule has 0 spiro atoms. The van der Waals surface area contributed by atoms with E-state index in [2.05, 4.69) is 34.2 Å². The summed E-state index contributed by atoms with van der Waals surface area (Å²) in [6.07, 6.45) is 1.55. The predicted molar refractivity (Wildman–Crippen MR) is 84.7 cm³/mol. The molecule has 1 aliphatic heterocycles. The molecule has 106 valence electrons. The second-order valence-corrected chi connectivity index (χ2v) is 7.53. The number of carbonyl (C=O) groups is 1. The van der Waals surface area contributed by atoms with Gasteiger partial charge in [-0.2, -0.15) is 0 Å². The maximum absolute atomic E-state index is 11.2. The van der Waals surface area contributed by atoms with Crippen molar-refractivity contribution in [3.8, 4) is 0 Å². The molecule has 2 aromatic rings. The summed E-state index contributed by atoms with van der Waals surface area (Å²) in [6.45, 7) is 0.782. The first-order chi connectivity index (χ1) is 9.72. The molecular weight excluding hydrogens is 312 g/mol. The quantitative estimate of drug-likeness (QED) is 0.884. The van der Waals surface area contributed by atoms with Crippen LogP contribution in [0, 0.1) is 0 Å². The summed E-state index contributed by atoms with van der Waals surface area (Å²) in [5.74, 6) is 0.156. The van der Waals surface area contributed by atoms with Crippen molar-refractivity contribution in [3.05, 3.63) is 43.7 Å². The Labute approximate surface area is 131 Å². The second kappa shape index (κ2) is 6.26. The molecule has 0 bridgehead atoms. The average molecular weight is 327 g/mol. The van der Waals surface area contributed by atoms with Gasteiger partial charge < -0.3 is 10.6 Å². The Morgan fingerprint density at radius 2 is 2.30 bits per heavy atom. The van der Waals surface area contributed by atoms with Gasteiger partial charge in [-0.15, -0.1) is 22.7 Å². The van der Waals surface area contributed by atoms with Crippen LogP contribution >= 0.6 is 34.3 Å². The van der Waals surface area contributed by atoms with Crippen molar-refractivity contribution in [2.45, 2.75) is 24.9 Å². The third kappa shape index (κ3) is 3.23. The maximum Gasteiger partial charge on any atom is 0.220 e. The summed E-state index contributed by atoms with van der Waals surface area (Å²) < 4.78 is 0.803. The molecule has 3 nitrogen and oxygen atoms in total. The lowest BCUT2D eigenvalue weighted by Gasteiger charge is -2.19. The van der Waals surface area contributed by atoms with Crippen LogP contribution in [0.1, 0.15) is 28.6 Å². The van der Waals surface area contributed by atoms with Crippen molar-refractivity contribution in [2.24, 2.45) is 0 Å². The van der Waals surface area contributed by atoms with Crippen molar-refractivity contribution in [2.75, 3.05) is 6.54 Å². The molecule has 3 heterocycles. The van der Waals surface area contributed by atoms with E-state index in [9.17, 15) is 4.79 Å². The Balaban J connectivity index is 1.71. The molecule has 1 fully saturated rings. The molecule has 0 aliphatic carbocycles. The van der Waals surface area contributed by atoms with E-state index in [0.717, 1.165) is 17.3 Å². The van der Waals surface area contributed by atoms with E-state index in [-0.39, 0.29) is 18.0 Å². The number of nitrogens with one attached hydrogen (secondary N) is 2. The van der Waals surface area contributed by atoms with Crippen LogP contribution in [-0.2, 0) is 4.79 Å². The van der Waals surface area contributed by atoms with Gasteiger partial charge in [-0.25, -0.2) is 0 Å². The topological polar surface area (TPSA) is 41.1 Å². The van der Waals surface area contributed by atoms with Crippen LogP contribution in [0.3, 0.4) is 0 Å². The van der Waals surface area contributed by atoms with Gasteiger partial charge in [0.05, 0.1) is 10.4 Å². The monoisotopic (exact) mass is 326 g/mol. The number of amides is 1. The summed E-state index contributed by atoms with van der Waals surface area (Å²) in [7, 11) is 0. The number of halogens is 1. The average Bonchev–Trinajstić information content (AvgIpc) is 3.13. The molecule has 6 heteroatoms. The van der Waals surface area contributed by atoms with Crippen LogP contribution in [0.25, 0.3) is 0 Å². The fourth-order valence-electron chi connectivity index (χ4n) is 2.37. The van der Waals surface area contributed by atoms with Gasteiger partial charge in [0, 0.05) is 28.8 Å². The van der Waals surface area contributed by atoms with Gasteiger partial charge in [0.15, 0.2) is 0 Å². The third-order valence-electron chi connectivity index (χ3n) is 3.36. The van der Waals surface area contributed by atoms with Gasteiger partial charge in [-0.05, 0) is 30.0 Å². The lowest BCUT2D eigenvalue weighted by atomic mass is 10.1. The first kappa shape index (κ1) is 14.1. The fraction of sp³-hybridized carbons (Fsp3) is 0.357. The predicted octanol–water partition coefficient (Wildman–Crippen LogP) is 3.42. The molecule has 0 radical (unpaired) electrons. The lowest BCUT2D eigenvalue weighted by Crippen LogP contribution is -2.37. The highest BCUT2D eigenvalue weighted by Crippen LogP contribution is 2.33. The summed E-state index contributed by atoms with van der Waals surface area (Å²) in [4.78, 5) is 13.7. The van der Waals surface area contributed by atoms with Crippen LogP contribution in [0.4, 0.5) is 0 Å². The van der Waals surface area contributed by atoms with Gasteiger partial charge in [-0.3, -0.25) is 4.79 Å². The Morgan fingerprint density at radius 1 is 1.40 bits per heavy atom. The van der Waals surface area contributed by atoms with E-state index in [1.165, 1.54) is 9.75 Å². The Morgan fingerprint density at radius 3 is 2.90 bits per heavy atom. The lowest BCUT2D eigenvalue weighted by molar-refractivity contribution is -0.119. The number of hydrogen-bond donors (Lipinski definition) is 2. The standard InChI is InChI=1S/C14H15ClN2OS2/c15-12-5-4-11(20-12)14(10-2-1-7-19-10)16-8-9-3-6-13(18)17-9/h1-2,4-5,7,9,14,16H,3,6,8H2,(H,17,18). The van der Waals surface area contributed by atoms with Gasteiger partial charge in [0.1, 0.15) is 0 Å². The van der Waals surface area contributed by atoms with Crippen LogP contribution in [0.2, 0.25) is 4.34 Å². The molecule has 1 saturated heterocycles. The number of rotatable bonds is 5.